The summed E-state index contributed by atoms with van der Waals surface area (Å²) in [6.45, 7) is 0. The van der Waals surface area contributed by atoms with Crippen molar-refractivity contribution in [1.29, 1.82) is 0 Å². The minimum absolute atomic E-state index is 0.791. The Kier molecular flexibility index (Phi) is 1.38. The van der Waals surface area contributed by atoms with Crippen LogP contribution < -0.4 is 0 Å². The van der Waals surface area contributed by atoms with Crippen LogP contribution in [0.3, 0.4) is 0 Å². The Hall–Kier alpha value is -0.970. The first kappa shape index (κ1) is 6.72. The first-order valence-corrected chi connectivity index (χ1v) is 3.88. The molecule has 0 saturated heterocycles. The van der Waals surface area contributed by atoms with Gasteiger partial charge >= 0.3 is 0 Å². The van der Waals surface area contributed by atoms with Gasteiger partial charge in [0.2, 0.25) is 0 Å². The number of aryl methyl sites for hydroxylation is 1. The number of hydrogen-bond donors (Lipinski definition) is 0. The zero-order valence-corrected chi connectivity index (χ0v) is 7.41. The van der Waals surface area contributed by atoms with Gasteiger partial charge in [-0.2, -0.15) is 10.2 Å². The Morgan fingerprint density at radius 1 is 1.55 bits per heavy atom. The maximum Gasteiger partial charge on any atom is 0.181 e. The molecule has 2 aromatic heterocycles. The van der Waals surface area contributed by atoms with Crippen molar-refractivity contribution in [2.24, 2.45) is 7.05 Å². The number of nitrogens with zero attached hydrogens (tertiary/aromatic N) is 4. The van der Waals surface area contributed by atoms with Gasteiger partial charge in [0.1, 0.15) is 4.60 Å². The highest BCUT2D eigenvalue weighted by Gasteiger charge is 2.04. The molecule has 0 radical (unpaired) electrons. The molecule has 0 aliphatic carbocycles. The number of fused-ring (bicyclic) bond motifs is 1. The first-order chi connectivity index (χ1) is 5.29. The van der Waals surface area contributed by atoms with Gasteiger partial charge in [0.05, 0.1) is 11.6 Å². The molecular weight excluding hydrogens is 208 g/mol. The lowest BCUT2D eigenvalue weighted by molar-refractivity contribution is 0.770. The summed E-state index contributed by atoms with van der Waals surface area (Å²) in [4.78, 5) is 0. The van der Waals surface area contributed by atoms with Crippen molar-refractivity contribution in [1.82, 2.24) is 20.0 Å². The van der Waals surface area contributed by atoms with Crippen LogP contribution >= 0.6 is 15.9 Å². The Morgan fingerprint density at radius 3 is 3.09 bits per heavy atom. The summed E-state index contributed by atoms with van der Waals surface area (Å²) in [7, 11) is 1.84. The van der Waals surface area contributed by atoms with Gasteiger partial charge < -0.3 is 0 Å². The van der Waals surface area contributed by atoms with E-state index in [1.54, 1.807) is 10.9 Å². The molecule has 0 aliphatic heterocycles. The SMILES string of the molecule is Cn1nc(Br)c2ccnnc21. The summed E-state index contributed by atoms with van der Waals surface area (Å²) < 4.78 is 2.50. The van der Waals surface area contributed by atoms with Crippen molar-refractivity contribution in [3.05, 3.63) is 16.9 Å². The van der Waals surface area contributed by atoms with Crippen LogP contribution in [0.4, 0.5) is 0 Å². The molecule has 0 aliphatic rings. The molecule has 2 aromatic rings. The van der Waals surface area contributed by atoms with Gasteiger partial charge in [0.25, 0.3) is 0 Å². The number of hydrogen-bond acceptors (Lipinski definition) is 3. The molecule has 0 aromatic carbocycles. The third-order valence-corrected chi connectivity index (χ3v) is 2.05. The normalized spacial score (nSPS) is 10.7. The first-order valence-electron chi connectivity index (χ1n) is 3.09. The summed E-state index contributed by atoms with van der Waals surface area (Å²) in [6, 6.07) is 1.87. The molecular formula is C6H5BrN4. The van der Waals surface area contributed by atoms with Gasteiger partial charge in [0, 0.05) is 7.05 Å². The van der Waals surface area contributed by atoms with Gasteiger partial charge in [-0.15, -0.1) is 5.10 Å². The van der Waals surface area contributed by atoms with E-state index in [-0.39, 0.29) is 0 Å². The standard InChI is InChI=1S/C6H5BrN4/c1-11-6-4(5(7)10-11)2-3-8-9-6/h2-3H,1H3. The van der Waals surface area contributed by atoms with Crippen LogP contribution in [0.15, 0.2) is 16.9 Å². The van der Waals surface area contributed by atoms with E-state index < -0.39 is 0 Å². The van der Waals surface area contributed by atoms with Crippen LogP contribution in [-0.2, 0) is 7.05 Å². The zero-order chi connectivity index (χ0) is 7.84. The van der Waals surface area contributed by atoms with Crippen molar-refractivity contribution in [2.75, 3.05) is 0 Å². The molecule has 0 amide bonds. The lowest BCUT2D eigenvalue weighted by atomic mass is 10.4. The van der Waals surface area contributed by atoms with E-state index in [9.17, 15) is 0 Å². The fourth-order valence-corrected chi connectivity index (χ4v) is 1.50. The molecule has 56 valence electrons. The van der Waals surface area contributed by atoms with Crippen molar-refractivity contribution < 1.29 is 0 Å². The Balaban J connectivity index is 2.95. The monoisotopic (exact) mass is 212 g/mol. The number of aromatic nitrogens is 4. The highest BCUT2D eigenvalue weighted by molar-refractivity contribution is 9.10. The van der Waals surface area contributed by atoms with Crippen LogP contribution in [0.5, 0.6) is 0 Å². The van der Waals surface area contributed by atoms with E-state index in [0.717, 1.165) is 15.6 Å². The van der Waals surface area contributed by atoms with E-state index in [0.29, 0.717) is 0 Å². The van der Waals surface area contributed by atoms with Gasteiger partial charge in [0.15, 0.2) is 5.65 Å². The van der Waals surface area contributed by atoms with Gasteiger partial charge in [-0.3, -0.25) is 0 Å². The topological polar surface area (TPSA) is 43.6 Å². The summed E-state index contributed by atoms with van der Waals surface area (Å²) in [6.07, 6.45) is 1.65. The second-order valence-corrected chi connectivity index (χ2v) is 2.93. The zero-order valence-electron chi connectivity index (χ0n) is 5.82. The highest BCUT2D eigenvalue weighted by atomic mass is 79.9. The average Bonchev–Trinajstić information content (AvgIpc) is 2.30. The summed E-state index contributed by atoms with van der Waals surface area (Å²) >= 11 is 3.32. The number of rotatable bonds is 0. The Labute approximate surface area is 71.4 Å². The van der Waals surface area contributed by atoms with Crippen LogP contribution in [0, 0.1) is 0 Å². The van der Waals surface area contributed by atoms with Gasteiger partial charge in [-0.05, 0) is 22.0 Å². The fourth-order valence-electron chi connectivity index (χ4n) is 0.957. The molecule has 2 rings (SSSR count). The second kappa shape index (κ2) is 2.27. The molecule has 0 fully saturated rings. The van der Waals surface area contributed by atoms with E-state index in [1.165, 1.54) is 0 Å². The summed E-state index contributed by atoms with van der Waals surface area (Å²) in [5, 5.41) is 12.8. The fraction of sp³-hybridized carbons (Fsp3) is 0.167. The van der Waals surface area contributed by atoms with Gasteiger partial charge in [-0.1, -0.05) is 0 Å². The van der Waals surface area contributed by atoms with E-state index >= 15 is 0 Å². The smallest absolute Gasteiger partial charge is 0.181 e. The maximum atomic E-state index is 4.12. The second-order valence-electron chi connectivity index (χ2n) is 2.18. The molecule has 0 spiro atoms. The minimum atomic E-state index is 0.791. The van der Waals surface area contributed by atoms with E-state index in [2.05, 4.69) is 31.2 Å². The molecule has 0 bridgehead atoms. The average molecular weight is 213 g/mol. The van der Waals surface area contributed by atoms with E-state index in [1.807, 2.05) is 13.1 Å². The summed E-state index contributed by atoms with van der Waals surface area (Å²) in [5.74, 6) is 0. The van der Waals surface area contributed by atoms with Gasteiger partial charge in [-0.25, -0.2) is 4.68 Å². The molecule has 4 nitrogen and oxygen atoms in total. The molecule has 11 heavy (non-hydrogen) atoms. The van der Waals surface area contributed by atoms with Crippen molar-refractivity contribution in [3.63, 3.8) is 0 Å². The van der Waals surface area contributed by atoms with E-state index in [4.69, 9.17) is 0 Å². The number of halogens is 1. The summed E-state index contributed by atoms with van der Waals surface area (Å²) in [5.41, 5.74) is 0.791. The molecule has 0 saturated carbocycles. The van der Waals surface area contributed by atoms with Crippen LogP contribution in [-0.4, -0.2) is 20.0 Å². The van der Waals surface area contributed by atoms with Crippen molar-refractivity contribution >= 4 is 27.0 Å². The molecule has 2 heterocycles. The van der Waals surface area contributed by atoms with Crippen molar-refractivity contribution in [2.45, 2.75) is 0 Å². The lowest BCUT2D eigenvalue weighted by Gasteiger charge is -1.87. The molecule has 0 unspecified atom stereocenters. The quantitative estimate of drug-likeness (QED) is 0.658. The third-order valence-electron chi connectivity index (χ3n) is 1.47. The van der Waals surface area contributed by atoms with Crippen LogP contribution in [0.25, 0.3) is 11.0 Å². The predicted molar refractivity (Wildman–Crippen MR) is 44.0 cm³/mol. The predicted octanol–water partition coefficient (Wildman–Crippen LogP) is 1.13. The lowest BCUT2D eigenvalue weighted by Crippen LogP contribution is -1.92. The largest absolute Gasteiger partial charge is 0.248 e. The molecule has 5 heteroatoms. The Bertz CT molecular complexity index is 358. The Morgan fingerprint density at radius 2 is 2.36 bits per heavy atom. The minimum Gasteiger partial charge on any atom is -0.248 e. The van der Waals surface area contributed by atoms with Crippen LogP contribution in [0.1, 0.15) is 0 Å². The van der Waals surface area contributed by atoms with Crippen molar-refractivity contribution in [3.8, 4) is 0 Å². The third kappa shape index (κ3) is 0.920. The molecule has 0 N–H and O–H groups in total. The molecule has 0 atom stereocenters. The highest BCUT2D eigenvalue weighted by Crippen LogP contribution is 2.18. The van der Waals surface area contributed by atoms with Crippen LogP contribution in [0.2, 0.25) is 0 Å². The maximum absolute atomic E-state index is 4.12.